The molecule has 1 fully saturated rings. The van der Waals surface area contributed by atoms with Gasteiger partial charge in [0.25, 0.3) is 5.91 Å². The smallest absolute Gasteiger partial charge is 0.256 e. The van der Waals surface area contributed by atoms with Crippen LogP contribution in [0.15, 0.2) is 53.0 Å². The minimum atomic E-state index is -0.509. The van der Waals surface area contributed by atoms with E-state index in [0.29, 0.717) is 39.0 Å². The van der Waals surface area contributed by atoms with Crippen molar-refractivity contribution >= 4 is 27.7 Å². The molecule has 2 aromatic rings. The predicted molar refractivity (Wildman–Crippen MR) is 101 cm³/mol. The van der Waals surface area contributed by atoms with Crippen LogP contribution in [0.25, 0.3) is 0 Å². The van der Waals surface area contributed by atoms with Crippen molar-refractivity contribution in [3.63, 3.8) is 0 Å². The van der Waals surface area contributed by atoms with Gasteiger partial charge in [-0.2, -0.15) is 0 Å². The maximum atomic E-state index is 13.9. The Hall–Kier alpha value is -2.21. The second-order valence-electron chi connectivity index (χ2n) is 6.31. The summed E-state index contributed by atoms with van der Waals surface area (Å²) in [4.78, 5) is 28.5. The molecule has 26 heavy (non-hydrogen) atoms. The molecular weight excluding hydrogens is 399 g/mol. The van der Waals surface area contributed by atoms with Crippen LogP contribution in [0.1, 0.15) is 22.3 Å². The molecule has 3 rings (SSSR count). The first-order valence-electron chi connectivity index (χ1n) is 8.60. The lowest BCUT2D eigenvalue weighted by Gasteiger charge is -2.22. The molecule has 6 heteroatoms. The minimum Gasteiger partial charge on any atom is -0.341 e. The highest BCUT2D eigenvalue weighted by molar-refractivity contribution is 9.10. The lowest BCUT2D eigenvalue weighted by Crippen LogP contribution is -2.38. The van der Waals surface area contributed by atoms with E-state index in [2.05, 4.69) is 15.9 Å². The third-order valence-electron chi connectivity index (χ3n) is 4.51. The van der Waals surface area contributed by atoms with Crippen LogP contribution >= 0.6 is 15.9 Å². The van der Waals surface area contributed by atoms with Crippen LogP contribution in [0.2, 0.25) is 0 Å². The van der Waals surface area contributed by atoms with E-state index < -0.39 is 5.82 Å². The summed E-state index contributed by atoms with van der Waals surface area (Å²) < 4.78 is 14.8. The van der Waals surface area contributed by atoms with E-state index in [0.717, 1.165) is 10.0 Å². The molecule has 4 nitrogen and oxygen atoms in total. The summed E-state index contributed by atoms with van der Waals surface area (Å²) in [5.41, 5.74) is 1.05. The summed E-state index contributed by atoms with van der Waals surface area (Å²) >= 11 is 3.38. The van der Waals surface area contributed by atoms with E-state index >= 15 is 0 Å². The lowest BCUT2D eigenvalue weighted by molar-refractivity contribution is -0.130. The molecule has 0 saturated carbocycles. The number of rotatable bonds is 3. The maximum absolute atomic E-state index is 13.9. The number of carbonyl (C=O) groups is 2. The van der Waals surface area contributed by atoms with Crippen molar-refractivity contribution in [2.75, 3.05) is 26.2 Å². The van der Waals surface area contributed by atoms with E-state index in [9.17, 15) is 14.0 Å². The zero-order valence-corrected chi connectivity index (χ0v) is 15.9. The third kappa shape index (κ3) is 4.49. The molecule has 1 heterocycles. The Morgan fingerprint density at radius 2 is 1.58 bits per heavy atom. The molecular formula is C20H20BrFN2O2. The largest absolute Gasteiger partial charge is 0.341 e. The Morgan fingerprint density at radius 3 is 2.31 bits per heavy atom. The topological polar surface area (TPSA) is 40.6 Å². The highest BCUT2D eigenvalue weighted by Crippen LogP contribution is 2.15. The molecule has 2 amide bonds. The van der Waals surface area contributed by atoms with Crippen LogP contribution in [0, 0.1) is 5.82 Å². The summed E-state index contributed by atoms with van der Waals surface area (Å²) in [6, 6.07) is 13.7. The molecule has 0 bridgehead atoms. The van der Waals surface area contributed by atoms with Crippen molar-refractivity contribution in [2.45, 2.75) is 12.8 Å². The van der Waals surface area contributed by atoms with Crippen LogP contribution in [-0.4, -0.2) is 47.8 Å². The number of nitrogens with zero attached hydrogens (tertiary/aromatic N) is 2. The zero-order chi connectivity index (χ0) is 18.5. The highest BCUT2D eigenvalue weighted by atomic mass is 79.9. The third-order valence-corrected chi connectivity index (χ3v) is 5.04. The van der Waals surface area contributed by atoms with Crippen molar-refractivity contribution in [2.24, 2.45) is 0 Å². The Bertz CT molecular complexity index is 795. The first-order valence-corrected chi connectivity index (χ1v) is 9.40. The van der Waals surface area contributed by atoms with Gasteiger partial charge >= 0.3 is 0 Å². The molecule has 0 spiro atoms. The average Bonchev–Trinajstić information content (AvgIpc) is 2.90. The van der Waals surface area contributed by atoms with Gasteiger partial charge in [-0.05, 0) is 36.2 Å². The van der Waals surface area contributed by atoms with Crippen molar-refractivity contribution in [1.82, 2.24) is 9.80 Å². The van der Waals surface area contributed by atoms with Crippen molar-refractivity contribution in [3.05, 3.63) is 69.9 Å². The van der Waals surface area contributed by atoms with Crippen LogP contribution in [0.5, 0.6) is 0 Å². The fourth-order valence-corrected chi connectivity index (χ4v) is 3.33. The van der Waals surface area contributed by atoms with Gasteiger partial charge in [0.1, 0.15) is 5.82 Å². The van der Waals surface area contributed by atoms with Gasteiger partial charge in [0.05, 0.1) is 12.0 Å². The fourth-order valence-electron chi connectivity index (χ4n) is 3.06. The monoisotopic (exact) mass is 418 g/mol. The number of carbonyl (C=O) groups excluding carboxylic acids is 2. The standard InChI is InChI=1S/C20H20BrFN2O2/c21-16-8-6-15(7-9-16)14-19(25)23-10-3-11-24(13-12-23)20(26)17-4-1-2-5-18(17)22/h1-2,4-9H,3,10-14H2. The van der Waals surface area contributed by atoms with Crippen molar-refractivity contribution < 1.29 is 14.0 Å². The fraction of sp³-hybridized carbons (Fsp3) is 0.300. The maximum Gasteiger partial charge on any atom is 0.256 e. The van der Waals surface area contributed by atoms with E-state index in [-0.39, 0.29) is 17.4 Å². The van der Waals surface area contributed by atoms with Gasteiger partial charge in [-0.3, -0.25) is 9.59 Å². The SMILES string of the molecule is O=C(Cc1ccc(Br)cc1)N1CCCN(C(=O)c2ccccc2F)CC1. The highest BCUT2D eigenvalue weighted by Gasteiger charge is 2.24. The quantitative estimate of drug-likeness (QED) is 0.764. The van der Waals surface area contributed by atoms with Gasteiger partial charge in [-0.15, -0.1) is 0 Å². The second kappa shape index (κ2) is 8.45. The van der Waals surface area contributed by atoms with Crippen LogP contribution < -0.4 is 0 Å². The molecule has 0 N–H and O–H groups in total. The van der Waals surface area contributed by atoms with Gasteiger partial charge < -0.3 is 9.80 Å². The summed E-state index contributed by atoms with van der Waals surface area (Å²) in [5, 5.41) is 0. The molecule has 0 unspecified atom stereocenters. The Labute approximate surface area is 160 Å². The average molecular weight is 419 g/mol. The first kappa shape index (κ1) is 18.6. The number of hydrogen-bond acceptors (Lipinski definition) is 2. The first-order chi connectivity index (χ1) is 12.5. The van der Waals surface area contributed by atoms with Crippen LogP contribution in [0.4, 0.5) is 4.39 Å². The number of benzene rings is 2. The Balaban J connectivity index is 1.61. The molecule has 0 aliphatic carbocycles. The zero-order valence-electron chi connectivity index (χ0n) is 14.3. The molecule has 0 aromatic heterocycles. The van der Waals surface area contributed by atoms with Crippen LogP contribution in [-0.2, 0) is 11.2 Å². The molecule has 1 aliphatic heterocycles. The van der Waals surface area contributed by atoms with Crippen LogP contribution in [0.3, 0.4) is 0 Å². The van der Waals surface area contributed by atoms with E-state index in [1.807, 2.05) is 24.3 Å². The van der Waals surface area contributed by atoms with E-state index in [1.165, 1.54) is 12.1 Å². The summed E-state index contributed by atoms with van der Waals surface area (Å²) in [7, 11) is 0. The Kier molecular flexibility index (Phi) is 6.04. The van der Waals surface area contributed by atoms with Gasteiger partial charge in [-0.25, -0.2) is 4.39 Å². The van der Waals surface area contributed by atoms with Crippen molar-refractivity contribution in [1.29, 1.82) is 0 Å². The van der Waals surface area contributed by atoms with Gasteiger partial charge in [0.2, 0.25) is 5.91 Å². The molecule has 1 saturated heterocycles. The van der Waals surface area contributed by atoms with Crippen molar-refractivity contribution in [3.8, 4) is 0 Å². The summed E-state index contributed by atoms with van der Waals surface area (Å²) in [5.74, 6) is -0.775. The second-order valence-corrected chi connectivity index (χ2v) is 7.23. The summed E-state index contributed by atoms with van der Waals surface area (Å²) in [6.07, 6.45) is 1.03. The molecule has 0 atom stereocenters. The number of hydrogen-bond donors (Lipinski definition) is 0. The van der Waals surface area contributed by atoms with E-state index in [4.69, 9.17) is 0 Å². The van der Waals surface area contributed by atoms with Gasteiger partial charge in [0.15, 0.2) is 0 Å². The predicted octanol–water partition coefficient (Wildman–Crippen LogP) is 3.51. The van der Waals surface area contributed by atoms with Gasteiger partial charge in [0, 0.05) is 30.7 Å². The normalized spacial score (nSPS) is 14.8. The number of halogens is 2. The number of amides is 2. The van der Waals surface area contributed by atoms with Gasteiger partial charge in [-0.1, -0.05) is 40.2 Å². The van der Waals surface area contributed by atoms with E-state index in [1.54, 1.807) is 21.9 Å². The molecule has 136 valence electrons. The lowest BCUT2D eigenvalue weighted by atomic mass is 10.1. The minimum absolute atomic E-state index is 0.0486. The summed E-state index contributed by atoms with van der Waals surface area (Å²) in [6.45, 7) is 2.01. The molecule has 0 radical (unpaired) electrons. The molecule has 2 aromatic carbocycles. The Morgan fingerprint density at radius 1 is 0.923 bits per heavy atom. The molecule has 1 aliphatic rings.